The summed E-state index contributed by atoms with van der Waals surface area (Å²) in [4.78, 5) is 13.4. The van der Waals surface area contributed by atoms with Crippen LogP contribution in [0.15, 0.2) is 29.6 Å². The molecule has 1 aromatic heterocycles. The Morgan fingerprint density at radius 1 is 1.33 bits per heavy atom. The van der Waals surface area contributed by atoms with Crippen LogP contribution < -0.4 is 10.1 Å². The number of halogens is 2. The van der Waals surface area contributed by atoms with Gasteiger partial charge in [-0.25, -0.2) is 4.39 Å². The molecule has 1 heterocycles. The Hall–Kier alpha value is -1.99. The molecule has 0 aliphatic heterocycles. The monoisotopic (exact) mass is 353 g/mol. The van der Waals surface area contributed by atoms with E-state index < -0.39 is 17.5 Å². The lowest BCUT2D eigenvalue weighted by molar-refractivity contribution is 0.0240. The second-order valence-electron chi connectivity index (χ2n) is 5.80. The van der Waals surface area contributed by atoms with E-state index in [4.69, 9.17) is 4.74 Å². The molecule has 3 rings (SSSR count). The summed E-state index contributed by atoms with van der Waals surface area (Å²) in [6.07, 6.45) is 0.773. The first kappa shape index (κ1) is 16.9. The van der Waals surface area contributed by atoms with Gasteiger partial charge in [0.2, 0.25) is 5.82 Å². The van der Waals surface area contributed by atoms with E-state index >= 15 is 0 Å². The molecule has 0 radical (unpaired) electrons. The number of carbonyl (C=O) groups is 1. The Morgan fingerprint density at radius 2 is 2.08 bits per heavy atom. The van der Waals surface area contributed by atoms with Gasteiger partial charge in [-0.15, -0.1) is 11.3 Å². The normalized spacial score (nSPS) is 21.0. The van der Waals surface area contributed by atoms with Crippen LogP contribution >= 0.6 is 11.3 Å². The minimum Gasteiger partial charge on any atom is -0.494 e. The SMILES string of the molecule is COc1ccc(C(=O)NC(c2cccs2)C2CC(O)C2)c(F)c1F. The highest BCUT2D eigenvalue weighted by Crippen LogP contribution is 2.39. The Balaban J connectivity index is 1.83. The molecule has 4 nitrogen and oxygen atoms in total. The Bertz CT molecular complexity index is 730. The lowest BCUT2D eigenvalue weighted by atomic mass is 9.76. The highest BCUT2D eigenvalue weighted by molar-refractivity contribution is 7.10. The van der Waals surface area contributed by atoms with Crippen molar-refractivity contribution < 1.29 is 23.4 Å². The number of hydrogen-bond acceptors (Lipinski definition) is 4. The van der Waals surface area contributed by atoms with Crippen molar-refractivity contribution in [3.05, 3.63) is 51.7 Å². The molecule has 7 heteroatoms. The molecule has 2 N–H and O–H groups in total. The van der Waals surface area contributed by atoms with Gasteiger partial charge in [0.05, 0.1) is 24.8 Å². The van der Waals surface area contributed by atoms with Crippen LogP contribution in [-0.4, -0.2) is 24.2 Å². The third-order valence-electron chi connectivity index (χ3n) is 4.27. The topological polar surface area (TPSA) is 58.6 Å². The maximum Gasteiger partial charge on any atom is 0.254 e. The summed E-state index contributed by atoms with van der Waals surface area (Å²) >= 11 is 1.48. The van der Waals surface area contributed by atoms with E-state index in [0.29, 0.717) is 12.8 Å². The zero-order valence-corrected chi connectivity index (χ0v) is 13.8. The summed E-state index contributed by atoms with van der Waals surface area (Å²) in [6, 6.07) is 5.84. The molecule has 1 atom stereocenters. The van der Waals surface area contributed by atoms with E-state index in [2.05, 4.69) is 5.32 Å². The summed E-state index contributed by atoms with van der Waals surface area (Å²) in [5, 5.41) is 14.2. The summed E-state index contributed by atoms with van der Waals surface area (Å²) < 4.78 is 32.6. The van der Waals surface area contributed by atoms with Crippen molar-refractivity contribution in [3.8, 4) is 5.75 Å². The molecule has 1 aromatic carbocycles. The second-order valence-corrected chi connectivity index (χ2v) is 6.77. The lowest BCUT2D eigenvalue weighted by Crippen LogP contribution is -2.41. The van der Waals surface area contributed by atoms with Crippen LogP contribution in [0.1, 0.15) is 34.1 Å². The van der Waals surface area contributed by atoms with Gasteiger partial charge < -0.3 is 15.2 Å². The van der Waals surface area contributed by atoms with Gasteiger partial charge in [-0.05, 0) is 42.3 Å². The molecular weight excluding hydrogens is 336 g/mol. The molecule has 0 saturated heterocycles. The smallest absolute Gasteiger partial charge is 0.254 e. The molecule has 1 aliphatic carbocycles. The number of aliphatic hydroxyl groups is 1. The standard InChI is InChI=1S/C17H17F2NO3S/c1-23-12-5-4-11(14(18)15(12)19)17(22)20-16(9-7-10(21)8-9)13-3-2-6-24-13/h2-6,9-10,16,21H,7-8H2,1H3,(H,20,22). The highest BCUT2D eigenvalue weighted by Gasteiger charge is 2.36. The molecule has 2 aromatic rings. The molecule has 1 unspecified atom stereocenters. The Kier molecular flexibility index (Phi) is 4.82. The largest absolute Gasteiger partial charge is 0.494 e. The predicted molar refractivity (Wildman–Crippen MR) is 86.2 cm³/mol. The van der Waals surface area contributed by atoms with Crippen LogP contribution in [0.3, 0.4) is 0 Å². The zero-order chi connectivity index (χ0) is 17.3. The molecule has 1 saturated carbocycles. The van der Waals surface area contributed by atoms with E-state index in [1.54, 1.807) is 0 Å². The fraction of sp³-hybridized carbons (Fsp3) is 0.353. The van der Waals surface area contributed by atoms with Crippen molar-refractivity contribution in [2.24, 2.45) is 5.92 Å². The molecule has 0 bridgehead atoms. The van der Waals surface area contributed by atoms with Gasteiger partial charge in [0.15, 0.2) is 11.6 Å². The number of benzene rings is 1. The summed E-state index contributed by atoms with van der Waals surface area (Å²) in [6.45, 7) is 0. The first-order chi connectivity index (χ1) is 11.5. The Labute approximate surface area is 142 Å². The number of carbonyl (C=O) groups excluding carboxylic acids is 1. The number of ether oxygens (including phenoxy) is 1. The molecule has 1 amide bonds. The second kappa shape index (κ2) is 6.86. The Morgan fingerprint density at radius 3 is 2.67 bits per heavy atom. The van der Waals surface area contributed by atoms with Crippen LogP contribution in [0.25, 0.3) is 0 Å². The van der Waals surface area contributed by atoms with E-state index in [1.807, 2.05) is 17.5 Å². The molecule has 128 valence electrons. The summed E-state index contributed by atoms with van der Waals surface area (Å²) in [5.74, 6) is -3.27. The molecular formula is C17H17F2NO3S. The number of aliphatic hydroxyl groups excluding tert-OH is 1. The van der Waals surface area contributed by atoms with Crippen molar-refractivity contribution in [1.82, 2.24) is 5.32 Å². The van der Waals surface area contributed by atoms with Gasteiger partial charge in [0.1, 0.15) is 0 Å². The fourth-order valence-corrected chi connectivity index (χ4v) is 3.74. The maximum absolute atomic E-state index is 14.1. The van der Waals surface area contributed by atoms with Gasteiger partial charge in [-0.3, -0.25) is 4.79 Å². The van der Waals surface area contributed by atoms with Crippen molar-refractivity contribution in [3.63, 3.8) is 0 Å². The summed E-state index contributed by atoms with van der Waals surface area (Å²) in [5.41, 5.74) is -0.366. The number of hydrogen-bond donors (Lipinski definition) is 2. The maximum atomic E-state index is 14.1. The molecule has 0 spiro atoms. The van der Waals surface area contributed by atoms with Crippen LogP contribution in [0.4, 0.5) is 8.78 Å². The van der Waals surface area contributed by atoms with Crippen LogP contribution in [0, 0.1) is 17.6 Å². The minimum atomic E-state index is -1.23. The first-order valence-corrected chi connectivity index (χ1v) is 8.43. The number of nitrogens with one attached hydrogen (secondary N) is 1. The average molecular weight is 353 g/mol. The van der Waals surface area contributed by atoms with Crippen LogP contribution in [-0.2, 0) is 0 Å². The van der Waals surface area contributed by atoms with Crippen molar-refractivity contribution in [1.29, 1.82) is 0 Å². The van der Waals surface area contributed by atoms with Gasteiger partial charge >= 0.3 is 0 Å². The van der Waals surface area contributed by atoms with E-state index in [0.717, 1.165) is 4.88 Å². The van der Waals surface area contributed by atoms with Gasteiger partial charge in [-0.2, -0.15) is 4.39 Å². The lowest BCUT2D eigenvalue weighted by Gasteiger charge is -2.37. The number of methoxy groups -OCH3 is 1. The van der Waals surface area contributed by atoms with Crippen LogP contribution in [0.2, 0.25) is 0 Å². The summed E-state index contributed by atoms with van der Waals surface area (Å²) in [7, 11) is 1.23. The van der Waals surface area contributed by atoms with Crippen molar-refractivity contribution in [2.45, 2.75) is 25.0 Å². The van der Waals surface area contributed by atoms with Gasteiger partial charge in [-0.1, -0.05) is 6.07 Å². The number of rotatable bonds is 5. The van der Waals surface area contributed by atoms with Crippen molar-refractivity contribution >= 4 is 17.2 Å². The third kappa shape index (κ3) is 3.14. The van der Waals surface area contributed by atoms with E-state index in [1.165, 1.54) is 30.6 Å². The number of thiophene rings is 1. The minimum absolute atomic E-state index is 0.0776. The number of amides is 1. The van der Waals surface area contributed by atoms with Gasteiger partial charge in [0.25, 0.3) is 5.91 Å². The highest BCUT2D eigenvalue weighted by atomic mass is 32.1. The zero-order valence-electron chi connectivity index (χ0n) is 13.0. The molecule has 1 aliphatic rings. The quantitative estimate of drug-likeness (QED) is 0.867. The van der Waals surface area contributed by atoms with E-state index in [9.17, 15) is 18.7 Å². The van der Waals surface area contributed by atoms with Gasteiger partial charge in [0, 0.05) is 4.88 Å². The fourth-order valence-electron chi connectivity index (χ4n) is 2.88. The third-order valence-corrected chi connectivity index (χ3v) is 5.22. The van der Waals surface area contributed by atoms with Crippen molar-refractivity contribution in [2.75, 3.05) is 7.11 Å². The average Bonchev–Trinajstić information content (AvgIpc) is 3.06. The van der Waals surface area contributed by atoms with Crippen LogP contribution in [0.5, 0.6) is 5.75 Å². The first-order valence-electron chi connectivity index (χ1n) is 7.55. The molecule has 1 fully saturated rings. The molecule has 24 heavy (non-hydrogen) atoms. The predicted octanol–water partition coefficient (Wildman–Crippen LogP) is 3.28. The van der Waals surface area contributed by atoms with E-state index in [-0.39, 0.29) is 29.4 Å².